The Hall–Kier alpha value is 0.270. The minimum atomic E-state index is -1.21. The van der Waals surface area contributed by atoms with Gasteiger partial charge in [0.15, 0.2) is 0 Å². The first-order valence-corrected chi connectivity index (χ1v) is 4.26. The molecule has 0 radical (unpaired) electrons. The summed E-state index contributed by atoms with van der Waals surface area (Å²) < 4.78 is 10.5. The second kappa shape index (κ2) is 2.90. The number of hydrogen-bond donors (Lipinski definition) is 1. The Morgan fingerprint density at radius 3 is 1.78 bits per heavy atom. The molecule has 0 saturated heterocycles. The molecule has 0 amide bonds. The lowest BCUT2D eigenvalue weighted by atomic mass is 10.00. The van der Waals surface area contributed by atoms with Gasteiger partial charge in [0.1, 0.15) is 4.75 Å². The van der Waals surface area contributed by atoms with Crippen molar-refractivity contribution in [3.05, 3.63) is 0 Å². The fraction of sp³-hybridized carbons (Fsp3) is 1.00. The van der Waals surface area contributed by atoms with Gasteiger partial charge in [-0.2, -0.15) is 5.14 Å². The Bertz CT molecular complexity index is 81.1. The van der Waals surface area contributed by atoms with Crippen LogP contribution in [-0.4, -0.2) is 9.30 Å². The van der Waals surface area contributed by atoms with Crippen molar-refractivity contribution in [1.82, 2.24) is 0 Å². The molecule has 2 N–H and O–H groups in total. The van der Waals surface area contributed by atoms with Crippen molar-refractivity contribution in [2.24, 2.45) is 11.1 Å². The molecule has 0 fully saturated rings. The van der Waals surface area contributed by atoms with E-state index in [1.165, 1.54) is 0 Å². The first kappa shape index (κ1) is 9.27. The monoisotopic (exact) mass is 149 g/mol. The van der Waals surface area contributed by atoms with Crippen LogP contribution >= 0.6 is 0 Å². The molecule has 0 aliphatic rings. The summed E-state index contributed by atoms with van der Waals surface area (Å²) in [5.41, 5.74) is 0. The lowest BCUT2D eigenvalue weighted by Gasteiger charge is -2.27. The third-order valence-corrected chi connectivity index (χ3v) is 3.42. The van der Waals surface area contributed by atoms with Crippen LogP contribution in [0, 0.1) is 5.92 Å². The third-order valence-electron chi connectivity index (χ3n) is 1.91. The largest absolute Gasteiger partial charge is 0.598 e. The summed E-state index contributed by atoms with van der Waals surface area (Å²) in [6.07, 6.45) is 0. The fourth-order valence-corrected chi connectivity index (χ4v) is 0.697. The van der Waals surface area contributed by atoms with Crippen molar-refractivity contribution in [1.29, 1.82) is 0 Å². The molecule has 0 saturated carbocycles. The van der Waals surface area contributed by atoms with Gasteiger partial charge in [-0.1, -0.05) is 13.8 Å². The van der Waals surface area contributed by atoms with E-state index in [0.717, 1.165) is 0 Å². The first-order chi connectivity index (χ1) is 3.89. The lowest BCUT2D eigenvalue weighted by Crippen LogP contribution is -2.42. The molecule has 0 spiro atoms. The Balaban J connectivity index is 4.01. The van der Waals surface area contributed by atoms with Crippen LogP contribution in [-0.2, 0) is 11.4 Å². The van der Waals surface area contributed by atoms with Gasteiger partial charge in [-0.05, 0) is 13.8 Å². The van der Waals surface area contributed by atoms with Crippen molar-refractivity contribution in [2.45, 2.75) is 32.4 Å². The summed E-state index contributed by atoms with van der Waals surface area (Å²) in [5, 5.41) is 5.24. The lowest BCUT2D eigenvalue weighted by molar-refractivity contribution is 0.454. The molecule has 1 atom stereocenters. The predicted molar refractivity (Wildman–Crippen MR) is 41.2 cm³/mol. The van der Waals surface area contributed by atoms with Gasteiger partial charge in [0.05, 0.1) is 0 Å². The number of hydrogen-bond acceptors (Lipinski definition) is 2. The topological polar surface area (TPSA) is 49.1 Å². The third kappa shape index (κ3) is 2.16. The van der Waals surface area contributed by atoms with Gasteiger partial charge in [-0.15, -0.1) is 0 Å². The predicted octanol–water partition coefficient (Wildman–Crippen LogP) is 1.04. The number of rotatable bonds is 2. The SMILES string of the molecule is CC(C)C(C)(C)[S+](N)[O-]. The molecule has 0 aromatic heterocycles. The van der Waals surface area contributed by atoms with Crippen molar-refractivity contribution in [3.8, 4) is 0 Å². The molecule has 9 heavy (non-hydrogen) atoms. The summed E-state index contributed by atoms with van der Waals surface area (Å²) in [4.78, 5) is 0. The maximum Gasteiger partial charge on any atom is 0.141 e. The molecule has 0 heterocycles. The van der Waals surface area contributed by atoms with Crippen molar-refractivity contribution < 1.29 is 4.55 Å². The van der Waals surface area contributed by atoms with E-state index < -0.39 is 11.4 Å². The van der Waals surface area contributed by atoms with Gasteiger partial charge >= 0.3 is 0 Å². The van der Waals surface area contributed by atoms with E-state index in [2.05, 4.69) is 0 Å². The van der Waals surface area contributed by atoms with Gasteiger partial charge in [-0.25, -0.2) is 0 Å². The standard InChI is InChI=1S/C6H15NOS/c1-5(2)6(3,4)9(7)8/h5H,7H2,1-4H3. The molecular formula is C6H15NOS. The van der Waals surface area contributed by atoms with Crippen LogP contribution in [0.3, 0.4) is 0 Å². The molecule has 1 unspecified atom stereocenters. The summed E-state index contributed by atoms with van der Waals surface area (Å²) in [7, 11) is 0. The Labute approximate surface area is 60.1 Å². The van der Waals surface area contributed by atoms with Crippen LogP contribution in [0.5, 0.6) is 0 Å². The van der Waals surface area contributed by atoms with Crippen LogP contribution in [0.4, 0.5) is 0 Å². The Kier molecular flexibility index (Phi) is 2.99. The zero-order valence-electron chi connectivity index (χ0n) is 6.47. The van der Waals surface area contributed by atoms with Crippen LogP contribution in [0.15, 0.2) is 0 Å². The molecular weight excluding hydrogens is 134 g/mol. The highest BCUT2D eigenvalue weighted by atomic mass is 32.2. The highest BCUT2D eigenvalue weighted by molar-refractivity contribution is 7.90. The van der Waals surface area contributed by atoms with Crippen LogP contribution in [0.1, 0.15) is 27.7 Å². The fourth-order valence-electron chi connectivity index (χ4n) is 0.232. The van der Waals surface area contributed by atoms with Gasteiger partial charge < -0.3 is 4.55 Å². The van der Waals surface area contributed by atoms with E-state index in [9.17, 15) is 4.55 Å². The van der Waals surface area contributed by atoms with E-state index in [0.29, 0.717) is 5.92 Å². The van der Waals surface area contributed by atoms with Gasteiger partial charge in [0.2, 0.25) is 0 Å². The molecule has 0 aliphatic heterocycles. The zero-order chi connectivity index (χ0) is 7.65. The molecule has 0 bridgehead atoms. The molecule has 0 rings (SSSR count). The Morgan fingerprint density at radius 1 is 1.44 bits per heavy atom. The summed E-state index contributed by atoms with van der Waals surface area (Å²) in [6, 6.07) is 0. The van der Waals surface area contributed by atoms with E-state index in [-0.39, 0.29) is 4.75 Å². The molecule has 3 heteroatoms. The average Bonchev–Trinajstić information content (AvgIpc) is 1.65. The minimum absolute atomic E-state index is 0.250. The van der Waals surface area contributed by atoms with Crippen molar-refractivity contribution in [3.63, 3.8) is 0 Å². The highest BCUT2D eigenvalue weighted by Gasteiger charge is 2.33. The first-order valence-electron chi connectivity index (χ1n) is 3.05. The zero-order valence-corrected chi connectivity index (χ0v) is 7.29. The quantitative estimate of drug-likeness (QED) is 0.596. The summed E-state index contributed by atoms with van der Waals surface area (Å²) in [5.74, 6) is 0.364. The molecule has 0 aromatic rings. The summed E-state index contributed by atoms with van der Waals surface area (Å²) in [6.45, 7) is 7.86. The van der Waals surface area contributed by atoms with Crippen LogP contribution < -0.4 is 5.14 Å². The second-order valence-corrected chi connectivity index (χ2v) is 4.70. The molecule has 2 nitrogen and oxygen atoms in total. The smallest absolute Gasteiger partial charge is 0.141 e. The summed E-state index contributed by atoms with van der Waals surface area (Å²) >= 11 is -1.21. The van der Waals surface area contributed by atoms with Crippen molar-refractivity contribution >= 4 is 11.4 Å². The maximum atomic E-state index is 10.8. The molecule has 0 aromatic carbocycles. The minimum Gasteiger partial charge on any atom is -0.598 e. The van der Waals surface area contributed by atoms with E-state index >= 15 is 0 Å². The van der Waals surface area contributed by atoms with Crippen molar-refractivity contribution in [2.75, 3.05) is 0 Å². The Morgan fingerprint density at radius 2 is 1.78 bits per heavy atom. The number of nitrogens with two attached hydrogens (primary N) is 1. The highest BCUT2D eigenvalue weighted by Crippen LogP contribution is 2.22. The van der Waals surface area contributed by atoms with Crippen LogP contribution in [0.2, 0.25) is 0 Å². The van der Waals surface area contributed by atoms with Gasteiger partial charge in [-0.3, -0.25) is 0 Å². The maximum absolute atomic E-state index is 10.8. The molecule has 0 aliphatic carbocycles. The van der Waals surface area contributed by atoms with E-state index in [1.807, 2.05) is 27.7 Å². The van der Waals surface area contributed by atoms with Gasteiger partial charge in [0.25, 0.3) is 0 Å². The van der Waals surface area contributed by atoms with E-state index in [4.69, 9.17) is 5.14 Å². The molecule has 56 valence electrons. The van der Waals surface area contributed by atoms with E-state index in [1.54, 1.807) is 0 Å². The van der Waals surface area contributed by atoms with Crippen LogP contribution in [0.25, 0.3) is 0 Å². The average molecular weight is 149 g/mol. The van der Waals surface area contributed by atoms with Gasteiger partial charge in [0, 0.05) is 17.3 Å². The normalized spacial score (nSPS) is 16.3. The second-order valence-electron chi connectivity index (χ2n) is 3.06.